The molecule has 150 valence electrons. The van der Waals surface area contributed by atoms with E-state index in [1.807, 2.05) is 0 Å². The molecule has 0 aliphatic heterocycles. The van der Waals surface area contributed by atoms with Crippen LogP contribution in [0.15, 0.2) is 18.3 Å². The molecule has 0 fully saturated rings. The lowest BCUT2D eigenvalue weighted by atomic mass is 10.1. The molecular formula is C15H11ClF6N6. The number of hydrogen-bond donors (Lipinski definition) is 1. The first-order chi connectivity index (χ1) is 12.9. The van der Waals surface area contributed by atoms with Gasteiger partial charge in [-0.15, -0.1) is 5.10 Å². The van der Waals surface area contributed by atoms with E-state index >= 15 is 0 Å². The molecule has 3 rings (SSSR count). The monoisotopic (exact) mass is 424 g/mol. The molecule has 0 aliphatic rings. The Bertz CT molecular complexity index is 1030. The summed E-state index contributed by atoms with van der Waals surface area (Å²) in [6.07, 6.45) is -8.45. The van der Waals surface area contributed by atoms with Crippen molar-refractivity contribution in [2.24, 2.45) is 0 Å². The number of pyridine rings is 1. The van der Waals surface area contributed by atoms with Gasteiger partial charge in [0.15, 0.2) is 0 Å². The molecule has 0 spiro atoms. The van der Waals surface area contributed by atoms with Gasteiger partial charge in [0.2, 0.25) is 0 Å². The number of halogens is 7. The highest BCUT2D eigenvalue weighted by molar-refractivity contribution is 6.32. The van der Waals surface area contributed by atoms with Gasteiger partial charge in [-0.3, -0.25) is 4.98 Å². The second-order valence-electron chi connectivity index (χ2n) is 5.80. The first-order valence-electron chi connectivity index (χ1n) is 7.68. The number of rotatable bonds is 3. The van der Waals surface area contributed by atoms with Gasteiger partial charge in [-0.1, -0.05) is 11.6 Å². The van der Waals surface area contributed by atoms with Crippen molar-refractivity contribution in [3.05, 3.63) is 34.9 Å². The molecular weight excluding hydrogens is 414 g/mol. The summed E-state index contributed by atoms with van der Waals surface area (Å²) in [5, 5.41) is 5.54. The van der Waals surface area contributed by atoms with Gasteiger partial charge in [-0.2, -0.15) is 40.8 Å². The van der Waals surface area contributed by atoms with Gasteiger partial charge in [0.25, 0.3) is 5.78 Å². The van der Waals surface area contributed by atoms with Crippen molar-refractivity contribution in [3.8, 4) is 11.3 Å². The van der Waals surface area contributed by atoms with E-state index in [1.54, 1.807) is 0 Å². The Morgan fingerprint density at radius 1 is 1.14 bits per heavy atom. The maximum atomic E-state index is 13.4. The van der Waals surface area contributed by atoms with Crippen LogP contribution >= 0.6 is 11.6 Å². The topological polar surface area (TPSA) is 68.0 Å². The summed E-state index contributed by atoms with van der Waals surface area (Å²) < 4.78 is 80.4. The Hall–Kier alpha value is -2.63. The summed E-state index contributed by atoms with van der Waals surface area (Å²) in [6, 6.07) is -0.334. The van der Waals surface area contributed by atoms with Gasteiger partial charge < -0.3 is 5.32 Å². The third-order valence-electron chi connectivity index (χ3n) is 3.74. The molecule has 0 unspecified atom stereocenters. The quantitative estimate of drug-likeness (QED) is 0.494. The zero-order valence-corrected chi connectivity index (χ0v) is 14.9. The van der Waals surface area contributed by atoms with Gasteiger partial charge in [0.05, 0.1) is 16.8 Å². The maximum absolute atomic E-state index is 13.4. The van der Waals surface area contributed by atoms with Crippen molar-refractivity contribution in [2.45, 2.75) is 32.2 Å². The van der Waals surface area contributed by atoms with E-state index in [1.165, 1.54) is 6.92 Å². The molecule has 28 heavy (non-hydrogen) atoms. The molecule has 3 aromatic rings. The summed E-state index contributed by atoms with van der Waals surface area (Å²) in [5.41, 5.74) is -2.33. The Balaban J connectivity index is 2.35. The molecule has 0 bridgehead atoms. The van der Waals surface area contributed by atoms with Crippen LogP contribution in [0.2, 0.25) is 5.15 Å². The Morgan fingerprint density at radius 3 is 2.43 bits per heavy atom. The predicted molar refractivity (Wildman–Crippen MR) is 87.9 cm³/mol. The highest BCUT2D eigenvalue weighted by Gasteiger charge is 2.39. The summed E-state index contributed by atoms with van der Waals surface area (Å²) in [7, 11) is 0. The third-order valence-corrected chi connectivity index (χ3v) is 4.02. The molecule has 6 nitrogen and oxygen atoms in total. The molecule has 0 saturated heterocycles. The lowest BCUT2D eigenvalue weighted by Crippen LogP contribution is -2.34. The fraction of sp³-hybridized carbons (Fsp3) is 0.333. The van der Waals surface area contributed by atoms with Crippen molar-refractivity contribution in [1.82, 2.24) is 24.6 Å². The van der Waals surface area contributed by atoms with Crippen molar-refractivity contribution in [1.29, 1.82) is 0 Å². The molecule has 0 saturated carbocycles. The summed E-state index contributed by atoms with van der Waals surface area (Å²) in [4.78, 5) is 11.4. The van der Waals surface area contributed by atoms with E-state index in [-0.39, 0.29) is 11.6 Å². The van der Waals surface area contributed by atoms with E-state index < -0.39 is 46.2 Å². The molecule has 1 N–H and O–H groups in total. The molecule has 0 radical (unpaired) electrons. The van der Waals surface area contributed by atoms with Crippen LogP contribution in [0.25, 0.3) is 17.0 Å². The number of nitrogens with one attached hydrogen (secondary N) is 1. The zero-order valence-electron chi connectivity index (χ0n) is 14.2. The largest absolute Gasteiger partial charge is 0.418 e. The van der Waals surface area contributed by atoms with Crippen molar-refractivity contribution in [2.75, 3.05) is 5.32 Å². The molecule has 0 amide bonds. The van der Waals surface area contributed by atoms with E-state index in [9.17, 15) is 26.3 Å². The Labute approximate surface area is 158 Å². The van der Waals surface area contributed by atoms with Crippen molar-refractivity contribution in [3.63, 3.8) is 0 Å². The van der Waals surface area contributed by atoms with Gasteiger partial charge in [-0.05, 0) is 26.0 Å². The minimum atomic E-state index is -4.83. The molecule has 0 aliphatic carbocycles. The van der Waals surface area contributed by atoms with Crippen LogP contribution in [-0.2, 0) is 6.18 Å². The van der Waals surface area contributed by atoms with Crippen LogP contribution < -0.4 is 5.32 Å². The second kappa shape index (κ2) is 6.76. The van der Waals surface area contributed by atoms with Crippen LogP contribution in [-0.4, -0.2) is 36.8 Å². The SMILES string of the molecule is Cc1nc2nc(Cl)c(-c3ncccc3C(F)(F)F)c(N[C@@H](C)C(F)(F)F)n2n1. The van der Waals surface area contributed by atoms with E-state index in [0.29, 0.717) is 0 Å². The van der Waals surface area contributed by atoms with E-state index in [4.69, 9.17) is 11.6 Å². The molecule has 0 aromatic carbocycles. The van der Waals surface area contributed by atoms with Crippen LogP contribution in [0.4, 0.5) is 32.2 Å². The van der Waals surface area contributed by atoms with Crippen LogP contribution in [0.5, 0.6) is 0 Å². The number of aryl methyl sites for hydroxylation is 1. The van der Waals surface area contributed by atoms with Crippen LogP contribution in [0.3, 0.4) is 0 Å². The minimum Gasteiger partial charge on any atom is -0.358 e. The first kappa shape index (κ1) is 20.1. The third kappa shape index (κ3) is 3.68. The fourth-order valence-electron chi connectivity index (χ4n) is 2.44. The molecule has 13 heteroatoms. The molecule has 3 heterocycles. The zero-order chi connectivity index (χ0) is 20.9. The van der Waals surface area contributed by atoms with Gasteiger partial charge in [-0.25, -0.2) is 0 Å². The smallest absolute Gasteiger partial charge is 0.358 e. The minimum absolute atomic E-state index is 0.139. The number of anilines is 1. The van der Waals surface area contributed by atoms with E-state index in [2.05, 4.69) is 25.4 Å². The van der Waals surface area contributed by atoms with Gasteiger partial charge in [0.1, 0.15) is 22.8 Å². The van der Waals surface area contributed by atoms with Gasteiger partial charge >= 0.3 is 12.4 Å². The summed E-state index contributed by atoms with van der Waals surface area (Å²) in [5.74, 6) is -0.488. The van der Waals surface area contributed by atoms with Crippen molar-refractivity contribution >= 4 is 23.2 Å². The lowest BCUT2D eigenvalue weighted by Gasteiger charge is -2.22. The summed E-state index contributed by atoms with van der Waals surface area (Å²) in [6.45, 7) is 2.25. The molecule has 1 atom stereocenters. The standard InChI is InChI=1S/C15H11ClF6N6/c1-6(14(17,18)19)24-12-9(10-8(15(20,21)22)4-3-5-23-10)11(16)26-13-25-7(2)27-28(12)13/h3-6,24H,1-2H3/t6-/m0/s1. The highest BCUT2D eigenvalue weighted by Crippen LogP contribution is 2.41. The van der Waals surface area contributed by atoms with Gasteiger partial charge in [0, 0.05) is 6.20 Å². The normalized spacial score (nSPS) is 13.8. The Kier molecular flexibility index (Phi) is 4.86. The second-order valence-corrected chi connectivity index (χ2v) is 6.16. The van der Waals surface area contributed by atoms with E-state index in [0.717, 1.165) is 29.8 Å². The fourth-order valence-corrected chi connectivity index (χ4v) is 2.69. The number of aromatic nitrogens is 5. The summed E-state index contributed by atoms with van der Waals surface area (Å²) >= 11 is 6.05. The average Bonchev–Trinajstić information content (AvgIpc) is 2.93. The number of nitrogens with zero attached hydrogens (tertiary/aromatic N) is 5. The number of fused-ring (bicyclic) bond motifs is 1. The number of alkyl halides is 6. The van der Waals surface area contributed by atoms with Crippen LogP contribution in [0, 0.1) is 6.92 Å². The highest BCUT2D eigenvalue weighted by atomic mass is 35.5. The first-order valence-corrected chi connectivity index (χ1v) is 8.06. The van der Waals surface area contributed by atoms with Crippen LogP contribution in [0.1, 0.15) is 18.3 Å². The predicted octanol–water partition coefficient (Wildman–Crippen LogP) is 4.53. The number of hydrogen-bond acceptors (Lipinski definition) is 5. The lowest BCUT2D eigenvalue weighted by molar-refractivity contribution is -0.139. The average molecular weight is 425 g/mol. The molecule has 3 aromatic heterocycles. The maximum Gasteiger partial charge on any atom is 0.418 e. The van der Waals surface area contributed by atoms with Crippen molar-refractivity contribution < 1.29 is 26.3 Å². The Morgan fingerprint density at radius 2 is 1.82 bits per heavy atom.